The van der Waals surface area contributed by atoms with Crippen molar-refractivity contribution >= 4 is 75.3 Å². The van der Waals surface area contributed by atoms with E-state index < -0.39 is 0 Å². The topological polar surface area (TPSA) is 56.7 Å². The number of para-hydroxylation sites is 2. The second-order valence-electron chi connectivity index (χ2n) is 11.2. The zero-order valence-electron chi connectivity index (χ0n) is 23.8. The number of fused-ring (bicyclic) bond motifs is 9. The zero-order chi connectivity index (χ0) is 29.5. The minimum Gasteiger partial charge on any atom is -0.456 e. The molecule has 4 aromatic heterocycles. The minimum atomic E-state index is 0.579. The van der Waals surface area contributed by atoms with E-state index in [1.807, 2.05) is 72.0 Å². The Morgan fingerprint density at radius 3 is 2.13 bits per heavy atom. The van der Waals surface area contributed by atoms with Crippen LogP contribution in [0.1, 0.15) is 0 Å². The fourth-order valence-electron chi connectivity index (χ4n) is 6.67. The number of thiophene rings is 1. The number of hydrogen-bond donors (Lipinski definition) is 0. The zero-order valence-corrected chi connectivity index (χ0v) is 24.6. The lowest BCUT2D eigenvalue weighted by molar-refractivity contribution is 0.669. The van der Waals surface area contributed by atoms with Crippen LogP contribution in [0.25, 0.3) is 92.6 Å². The first-order chi connectivity index (χ1) is 22.3. The number of hydrogen-bond acceptors (Lipinski definition) is 5. The van der Waals surface area contributed by atoms with Crippen molar-refractivity contribution in [3.63, 3.8) is 0 Å². The number of rotatable bonds is 3. The molecule has 0 saturated heterocycles. The van der Waals surface area contributed by atoms with Crippen LogP contribution in [-0.2, 0) is 0 Å². The Hall–Kier alpha value is -5.85. The number of furan rings is 1. The Labute approximate surface area is 260 Å². The quantitative estimate of drug-likeness (QED) is 0.204. The summed E-state index contributed by atoms with van der Waals surface area (Å²) in [4.78, 5) is 15.5. The standard InChI is InChI=1S/C39H22N4OS/c1-2-11-23(12-3-1)37-40-38(27-16-10-19-33-36(27)26-15-5-8-18-32(26)44-33)42-39(41-37)43-30-17-7-4-13-24(30)28-21-29-25-14-6-9-20-34(25)45-35(29)22-31(28)43/h1-22H. The molecule has 6 heteroatoms. The van der Waals surface area contributed by atoms with Crippen molar-refractivity contribution in [1.29, 1.82) is 0 Å². The van der Waals surface area contributed by atoms with Crippen molar-refractivity contribution < 1.29 is 4.42 Å². The molecule has 0 fully saturated rings. The molecule has 10 rings (SSSR count). The van der Waals surface area contributed by atoms with Gasteiger partial charge in [-0.25, -0.2) is 4.98 Å². The van der Waals surface area contributed by atoms with Gasteiger partial charge in [0.25, 0.3) is 0 Å². The molecule has 0 saturated carbocycles. The van der Waals surface area contributed by atoms with Gasteiger partial charge in [0.05, 0.1) is 11.0 Å². The fraction of sp³-hybridized carbons (Fsp3) is 0. The summed E-state index contributed by atoms with van der Waals surface area (Å²) >= 11 is 1.82. The molecule has 0 aliphatic heterocycles. The van der Waals surface area contributed by atoms with Crippen LogP contribution in [0.3, 0.4) is 0 Å². The van der Waals surface area contributed by atoms with Crippen LogP contribution in [0.4, 0.5) is 0 Å². The highest BCUT2D eigenvalue weighted by Gasteiger charge is 2.21. The first-order valence-corrected chi connectivity index (χ1v) is 15.7. The number of benzene rings is 6. The lowest BCUT2D eigenvalue weighted by atomic mass is 10.1. The second kappa shape index (κ2) is 9.32. The third-order valence-electron chi connectivity index (χ3n) is 8.67. The summed E-state index contributed by atoms with van der Waals surface area (Å²) in [5.41, 5.74) is 5.61. The minimum absolute atomic E-state index is 0.579. The molecule has 0 amide bonds. The molecular weight excluding hydrogens is 573 g/mol. The highest BCUT2D eigenvalue weighted by molar-refractivity contribution is 7.25. The molecule has 4 heterocycles. The van der Waals surface area contributed by atoms with Gasteiger partial charge in [-0.2, -0.15) is 9.97 Å². The molecule has 0 aliphatic rings. The Kier molecular flexibility index (Phi) is 5.09. The van der Waals surface area contributed by atoms with Crippen LogP contribution in [0.2, 0.25) is 0 Å². The van der Waals surface area contributed by atoms with E-state index in [2.05, 4.69) is 77.4 Å². The van der Waals surface area contributed by atoms with Crippen molar-refractivity contribution in [3.05, 3.63) is 133 Å². The van der Waals surface area contributed by atoms with Crippen molar-refractivity contribution in [2.24, 2.45) is 0 Å². The van der Waals surface area contributed by atoms with Gasteiger partial charge in [-0.15, -0.1) is 11.3 Å². The molecule has 210 valence electrons. The van der Waals surface area contributed by atoms with Gasteiger partial charge in [-0.05, 0) is 36.4 Å². The lowest BCUT2D eigenvalue weighted by Crippen LogP contribution is -2.06. The van der Waals surface area contributed by atoms with Crippen molar-refractivity contribution in [1.82, 2.24) is 19.5 Å². The molecule has 6 aromatic carbocycles. The molecule has 45 heavy (non-hydrogen) atoms. The normalized spacial score (nSPS) is 12.0. The van der Waals surface area contributed by atoms with Crippen LogP contribution < -0.4 is 0 Å². The summed E-state index contributed by atoms with van der Waals surface area (Å²) in [5, 5.41) is 6.92. The summed E-state index contributed by atoms with van der Waals surface area (Å²) in [6.07, 6.45) is 0. The Morgan fingerprint density at radius 1 is 0.489 bits per heavy atom. The van der Waals surface area contributed by atoms with Crippen molar-refractivity contribution in [3.8, 4) is 28.7 Å². The fourth-order valence-corrected chi connectivity index (χ4v) is 7.79. The summed E-state index contributed by atoms with van der Waals surface area (Å²) in [7, 11) is 0. The Morgan fingerprint density at radius 2 is 1.22 bits per heavy atom. The van der Waals surface area contributed by atoms with E-state index in [9.17, 15) is 0 Å². The number of aromatic nitrogens is 4. The van der Waals surface area contributed by atoms with E-state index in [0.29, 0.717) is 17.6 Å². The van der Waals surface area contributed by atoms with E-state index in [1.165, 1.54) is 25.6 Å². The molecule has 0 aliphatic carbocycles. The van der Waals surface area contributed by atoms with E-state index in [4.69, 9.17) is 19.4 Å². The van der Waals surface area contributed by atoms with Gasteiger partial charge in [0.2, 0.25) is 5.95 Å². The monoisotopic (exact) mass is 594 g/mol. The third-order valence-corrected chi connectivity index (χ3v) is 9.80. The summed E-state index contributed by atoms with van der Waals surface area (Å²) < 4.78 is 11.0. The molecule has 10 aromatic rings. The van der Waals surface area contributed by atoms with Gasteiger partial charge < -0.3 is 4.42 Å². The van der Waals surface area contributed by atoms with Gasteiger partial charge in [0, 0.05) is 52.8 Å². The average Bonchev–Trinajstić information content (AvgIpc) is 3.76. The highest BCUT2D eigenvalue weighted by Crippen LogP contribution is 2.41. The molecule has 0 unspecified atom stereocenters. The number of nitrogens with zero attached hydrogens (tertiary/aromatic N) is 4. The average molecular weight is 595 g/mol. The molecule has 0 radical (unpaired) electrons. The van der Waals surface area contributed by atoms with E-state index in [0.717, 1.165) is 49.5 Å². The van der Waals surface area contributed by atoms with Gasteiger partial charge >= 0.3 is 0 Å². The summed E-state index contributed by atoms with van der Waals surface area (Å²) in [5.74, 6) is 1.80. The smallest absolute Gasteiger partial charge is 0.238 e. The predicted octanol–water partition coefficient (Wildman–Crippen LogP) is 10.6. The first kappa shape index (κ1) is 24.6. The largest absolute Gasteiger partial charge is 0.456 e. The highest BCUT2D eigenvalue weighted by atomic mass is 32.1. The molecule has 5 nitrogen and oxygen atoms in total. The molecular formula is C39H22N4OS. The molecule has 0 spiro atoms. The van der Waals surface area contributed by atoms with E-state index >= 15 is 0 Å². The molecule has 0 N–H and O–H groups in total. The lowest BCUT2D eigenvalue weighted by Gasteiger charge is -2.11. The van der Waals surface area contributed by atoms with Gasteiger partial charge in [-0.3, -0.25) is 4.57 Å². The second-order valence-corrected chi connectivity index (χ2v) is 12.3. The maximum absolute atomic E-state index is 6.24. The van der Waals surface area contributed by atoms with Gasteiger partial charge in [-0.1, -0.05) is 97.1 Å². The van der Waals surface area contributed by atoms with Crippen molar-refractivity contribution in [2.45, 2.75) is 0 Å². The van der Waals surface area contributed by atoms with Crippen LogP contribution >= 0.6 is 11.3 Å². The third kappa shape index (κ3) is 3.63. The van der Waals surface area contributed by atoms with Crippen molar-refractivity contribution in [2.75, 3.05) is 0 Å². The van der Waals surface area contributed by atoms with Gasteiger partial charge in [0.1, 0.15) is 11.2 Å². The first-order valence-electron chi connectivity index (χ1n) is 14.9. The SMILES string of the molecule is c1ccc(-c2nc(-c3cccc4oc5ccccc5c34)nc(-n3c4ccccc4c4cc5c(cc43)sc3ccccc35)n2)cc1. The molecule has 0 atom stereocenters. The predicted molar refractivity (Wildman–Crippen MR) is 185 cm³/mol. The summed E-state index contributed by atoms with van der Waals surface area (Å²) in [6.45, 7) is 0. The summed E-state index contributed by atoms with van der Waals surface area (Å²) in [6, 6.07) is 46.1. The van der Waals surface area contributed by atoms with Crippen LogP contribution in [0.15, 0.2) is 138 Å². The van der Waals surface area contributed by atoms with Gasteiger partial charge in [0.15, 0.2) is 11.6 Å². The molecule has 0 bridgehead atoms. The Bertz CT molecular complexity index is 2770. The van der Waals surface area contributed by atoms with E-state index in [-0.39, 0.29) is 0 Å². The Balaban J connectivity index is 1.32. The van der Waals surface area contributed by atoms with Crippen LogP contribution in [0, 0.1) is 0 Å². The van der Waals surface area contributed by atoms with E-state index in [1.54, 1.807) is 0 Å². The maximum atomic E-state index is 6.24. The van der Waals surface area contributed by atoms with Crippen LogP contribution in [-0.4, -0.2) is 19.5 Å². The maximum Gasteiger partial charge on any atom is 0.238 e. The van der Waals surface area contributed by atoms with Crippen LogP contribution in [0.5, 0.6) is 0 Å².